The van der Waals surface area contributed by atoms with Gasteiger partial charge in [0.25, 0.3) is 0 Å². The van der Waals surface area contributed by atoms with E-state index in [0.717, 1.165) is 0 Å². The summed E-state index contributed by atoms with van der Waals surface area (Å²) in [5.74, 6) is -0.517. The molecule has 3 nitrogen and oxygen atoms in total. The molecule has 5 heteroatoms. The third kappa shape index (κ3) is 2.18. The summed E-state index contributed by atoms with van der Waals surface area (Å²) < 4.78 is 12.9. The van der Waals surface area contributed by atoms with Crippen molar-refractivity contribution in [3.05, 3.63) is 58.9 Å². The molecular weight excluding hydrogens is 231 g/mol. The van der Waals surface area contributed by atoms with Crippen LogP contribution in [-0.2, 0) is 0 Å². The zero-order valence-electron chi connectivity index (χ0n) is 8.14. The van der Waals surface area contributed by atoms with E-state index in [1.54, 1.807) is 0 Å². The van der Waals surface area contributed by atoms with E-state index in [-0.39, 0.29) is 5.02 Å². The van der Waals surface area contributed by atoms with E-state index in [0.29, 0.717) is 11.3 Å². The van der Waals surface area contributed by atoms with Gasteiger partial charge in [0, 0.05) is 12.4 Å². The molecule has 0 saturated heterocycles. The molecule has 0 radical (unpaired) electrons. The number of hydrogen-bond acceptors (Lipinski definition) is 3. The second kappa shape index (κ2) is 4.55. The van der Waals surface area contributed by atoms with Gasteiger partial charge in [-0.2, -0.15) is 0 Å². The number of aromatic nitrogens is 2. The molecule has 0 saturated carbocycles. The Morgan fingerprint density at radius 1 is 1.31 bits per heavy atom. The highest BCUT2D eigenvalue weighted by Crippen LogP contribution is 2.24. The van der Waals surface area contributed by atoms with E-state index in [9.17, 15) is 9.50 Å². The summed E-state index contributed by atoms with van der Waals surface area (Å²) in [6.07, 6.45) is 3.48. The number of nitrogens with zero attached hydrogens (tertiary/aromatic N) is 2. The normalized spacial score (nSPS) is 12.4. The lowest BCUT2D eigenvalue weighted by atomic mass is 10.1. The first-order chi connectivity index (χ1) is 7.68. The first-order valence-electron chi connectivity index (χ1n) is 4.57. The topological polar surface area (TPSA) is 46.0 Å². The maximum absolute atomic E-state index is 12.9. The molecule has 82 valence electrons. The van der Waals surface area contributed by atoms with E-state index in [1.807, 2.05) is 0 Å². The van der Waals surface area contributed by atoms with E-state index in [4.69, 9.17) is 11.6 Å². The van der Waals surface area contributed by atoms with E-state index < -0.39 is 11.9 Å². The fraction of sp³-hybridized carbons (Fsp3) is 0.0909. The molecule has 0 fully saturated rings. The van der Waals surface area contributed by atoms with Crippen LogP contribution in [0.15, 0.2) is 36.8 Å². The Labute approximate surface area is 96.6 Å². The molecule has 2 rings (SSSR count). The number of hydrogen-bond donors (Lipinski definition) is 1. The first-order valence-corrected chi connectivity index (χ1v) is 4.95. The Balaban J connectivity index is 2.34. The zero-order chi connectivity index (χ0) is 11.5. The Bertz CT molecular complexity index is 493. The second-order valence-electron chi connectivity index (χ2n) is 3.21. The summed E-state index contributed by atoms with van der Waals surface area (Å²) >= 11 is 5.62. The van der Waals surface area contributed by atoms with Crippen LogP contribution in [-0.4, -0.2) is 15.1 Å². The average Bonchev–Trinajstić information content (AvgIpc) is 2.33. The highest BCUT2D eigenvalue weighted by molar-refractivity contribution is 6.30. The molecule has 0 amide bonds. The Morgan fingerprint density at radius 3 is 2.75 bits per heavy atom. The van der Waals surface area contributed by atoms with Crippen molar-refractivity contribution >= 4 is 11.6 Å². The van der Waals surface area contributed by atoms with Crippen LogP contribution in [0, 0.1) is 5.82 Å². The fourth-order valence-electron chi connectivity index (χ4n) is 1.31. The molecule has 1 heterocycles. The van der Waals surface area contributed by atoms with Crippen LogP contribution in [0.4, 0.5) is 4.39 Å². The number of aliphatic hydroxyl groups excluding tert-OH is 1. The molecule has 1 unspecified atom stereocenters. The number of aliphatic hydroxyl groups is 1. The molecule has 0 aliphatic heterocycles. The minimum atomic E-state index is -0.952. The van der Waals surface area contributed by atoms with Crippen LogP contribution in [0.1, 0.15) is 17.4 Å². The predicted octanol–water partition coefficient (Wildman–Crippen LogP) is 2.35. The molecule has 0 aliphatic rings. The third-order valence-electron chi connectivity index (χ3n) is 2.12. The van der Waals surface area contributed by atoms with E-state index >= 15 is 0 Å². The molecule has 0 spiro atoms. The SMILES string of the molecule is OC(c1ccc(F)c(Cl)c1)c1cnccn1. The van der Waals surface area contributed by atoms with Gasteiger partial charge >= 0.3 is 0 Å². The largest absolute Gasteiger partial charge is 0.382 e. The van der Waals surface area contributed by atoms with Crippen LogP contribution in [0.25, 0.3) is 0 Å². The summed E-state index contributed by atoms with van der Waals surface area (Å²) in [5, 5.41) is 9.90. The highest BCUT2D eigenvalue weighted by Gasteiger charge is 2.13. The number of halogens is 2. The summed E-state index contributed by atoms with van der Waals surface area (Å²) in [4.78, 5) is 7.80. The van der Waals surface area contributed by atoms with Crippen molar-refractivity contribution in [1.82, 2.24) is 9.97 Å². The van der Waals surface area contributed by atoms with Crippen LogP contribution >= 0.6 is 11.6 Å². The number of benzene rings is 1. The smallest absolute Gasteiger partial charge is 0.141 e. The third-order valence-corrected chi connectivity index (χ3v) is 2.41. The fourth-order valence-corrected chi connectivity index (χ4v) is 1.49. The highest BCUT2D eigenvalue weighted by atomic mass is 35.5. The minimum Gasteiger partial charge on any atom is -0.382 e. The summed E-state index contributed by atoms with van der Waals surface area (Å²) in [5.41, 5.74) is 0.872. The molecular formula is C11H8ClFN2O. The molecule has 0 bridgehead atoms. The standard InChI is InChI=1S/C11H8ClFN2O/c12-8-5-7(1-2-9(8)13)11(16)10-6-14-3-4-15-10/h1-6,11,16H. The zero-order valence-corrected chi connectivity index (χ0v) is 8.89. The minimum absolute atomic E-state index is 0.0274. The number of rotatable bonds is 2. The summed E-state index contributed by atoms with van der Waals surface area (Å²) in [7, 11) is 0. The summed E-state index contributed by atoms with van der Waals surface area (Å²) in [6, 6.07) is 4.04. The Kier molecular flexibility index (Phi) is 3.12. The maximum atomic E-state index is 12.9. The second-order valence-corrected chi connectivity index (χ2v) is 3.61. The first kappa shape index (κ1) is 11.0. The van der Waals surface area contributed by atoms with Gasteiger partial charge in [-0.05, 0) is 17.7 Å². The van der Waals surface area contributed by atoms with Crippen molar-refractivity contribution in [3.8, 4) is 0 Å². The van der Waals surface area contributed by atoms with Gasteiger partial charge in [0.1, 0.15) is 11.9 Å². The predicted molar refractivity (Wildman–Crippen MR) is 57.5 cm³/mol. The van der Waals surface area contributed by atoms with E-state index in [1.165, 1.54) is 36.8 Å². The Morgan fingerprint density at radius 2 is 2.12 bits per heavy atom. The van der Waals surface area contributed by atoms with Crippen molar-refractivity contribution in [2.24, 2.45) is 0 Å². The molecule has 16 heavy (non-hydrogen) atoms. The van der Waals surface area contributed by atoms with Gasteiger partial charge in [0.05, 0.1) is 16.9 Å². The lowest BCUT2D eigenvalue weighted by Gasteiger charge is -2.10. The molecule has 1 N–H and O–H groups in total. The van der Waals surface area contributed by atoms with E-state index in [2.05, 4.69) is 9.97 Å². The molecule has 1 atom stereocenters. The molecule has 1 aromatic carbocycles. The van der Waals surface area contributed by atoms with Gasteiger partial charge in [0.15, 0.2) is 0 Å². The quantitative estimate of drug-likeness (QED) is 0.874. The van der Waals surface area contributed by atoms with Gasteiger partial charge in [-0.1, -0.05) is 17.7 Å². The van der Waals surface area contributed by atoms with Crippen molar-refractivity contribution in [2.45, 2.75) is 6.10 Å². The van der Waals surface area contributed by atoms with Gasteiger partial charge in [0.2, 0.25) is 0 Å². The van der Waals surface area contributed by atoms with Gasteiger partial charge < -0.3 is 5.11 Å². The van der Waals surface area contributed by atoms with Crippen molar-refractivity contribution in [2.75, 3.05) is 0 Å². The average molecular weight is 239 g/mol. The Hall–Kier alpha value is -1.52. The van der Waals surface area contributed by atoms with Crippen LogP contribution in [0.3, 0.4) is 0 Å². The molecule has 0 aliphatic carbocycles. The van der Waals surface area contributed by atoms with Gasteiger partial charge in [-0.15, -0.1) is 0 Å². The van der Waals surface area contributed by atoms with Crippen LogP contribution < -0.4 is 0 Å². The monoisotopic (exact) mass is 238 g/mol. The van der Waals surface area contributed by atoms with Crippen LogP contribution in [0.5, 0.6) is 0 Å². The van der Waals surface area contributed by atoms with Gasteiger partial charge in [-0.25, -0.2) is 4.39 Å². The van der Waals surface area contributed by atoms with Crippen molar-refractivity contribution in [1.29, 1.82) is 0 Å². The van der Waals surface area contributed by atoms with Crippen molar-refractivity contribution in [3.63, 3.8) is 0 Å². The van der Waals surface area contributed by atoms with Crippen molar-refractivity contribution < 1.29 is 9.50 Å². The lowest BCUT2D eigenvalue weighted by Crippen LogP contribution is -2.02. The molecule has 2 aromatic rings. The van der Waals surface area contributed by atoms with Gasteiger partial charge in [-0.3, -0.25) is 9.97 Å². The summed E-state index contributed by atoms with van der Waals surface area (Å²) in [6.45, 7) is 0. The van der Waals surface area contributed by atoms with Crippen LogP contribution in [0.2, 0.25) is 5.02 Å². The molecule has 1 aromatic heterocycles. The lowest BCUT2D eigenvalue weighted by molar-refractivity contribution is 0.214. The maximum Gasteiger partial charge on any atom is 0.141 e.